The molecule has 0 saturated carbocycles. The van der Waals surface area contributed by atoms with E-state index >= 15 is 0 Å². The van der Waals surface area contributed by atoms with E-state index in [2.05, 4.69) is 30.0 Å². The molecule has 1 fully saturated rings. The molecule has 0 aliphatic carbocycles. The van der Waals surface area contributed by atoms with Gasteiger partial charge in [0.05, 0.1) is 7.11 Å². The predicted molar refractivity (Wildman–Crippen MR) is 100 cm³/mol. The highest BCUT2D eigenvalue weighted by Crippen LogP contribution is 2.16. The molecule has 0 unspecified atom stereocenters. The Bertz CT molecular complexity index is 946. The van der Waals surface area contributed by atoms with Gasteiger partial charge < -0.3 is 14.5 Å². The summed E-state index contributed by atoms with van der Waals surface area (Å²) in [6.45, 7) is 2.63. The van der Waals surface area contributed by atoms with Crippen LogP contribution in [-0.2, 0) is 0 Å². The number of nitrogens with zero attached hydrogens (tertiary/aromatic N) is 8. The van der Waals surface area contributed by atoms with Crippen molar-refractivity contribution in [3.8, 4) is 11.7 Å². The molecule has 1 aliphatic rings. The number of ether oxygens (including phenoxy) is 1. The lowest BCUT2D eigenvalue weighted by Crippen LogP contribution is -2.36. The number of methoxy groups -OCH3 is 1. The first-order valence-corrected chi connectivity index (χ1v) is 8.98. The van der Waals surface area contributed by atoms with Crippen molar-refractivity contribution in [1.29, 1.82) is 0 Å². The van der Waals surface area contributed by atoms with E-state index in [1.54, 1.807) is 42.7 Å². The van der Waals surface area contributed by atoms with Crippen LogP contribution in [0.2, 0.25) is 0 Å². The van der Waals surface area contributed by atoms with Crippen molar-refractivity contribution in [2.75, 3.05) is 38.2 Å². The van der Waals surface area contributed by atoms with E-state index in [4.69, 9.17) is 4.74 Å². The van der Waals surface area contributed by atoms with Gasteiger partial charge in [0.15, 0.2) is 0 Å². The second kappa shape index (κ2) is 7.99. The Morgan fingerprint density at radius 2 is 1.89 bits per heavy atom. The highest BCUT2D eigenvalue weighted by Gasteiger charge is 2.23. The van der Waals surface area contributed by atoms with E-state index < -0.39 is 0 Å². The van der Waals surface area contributed by atoms with Gasteiger partial charge in [0.2, 0.25) is 11.8 Å². The lowest BCUT2D eigenvalue weighted by atomic mass is 10.3. The average Bonchev–Trinajstić information content (AvgIpc) is 3.18. The van der Waals surface area contributed by atoms with Crippen LogP contribution in [0, 0.1) is 0 Å². The minimum Gasteiger partial charge on any atom is -0.481 e. The Labute approximate surface area is 161 Å². The van der Waals surface area contributed by atoms with Crippen molar-refractivity contribution in [3.63, 3.8) is 0 Å². The number of hydrogen-bond acceptors (Lipinski definition) is 8. The third kappa shape index (κ3) is 3.75. The number of carbonyl (C=O) groups excluding carboxylic acids is 1. The third-order valence-corrected chi connectivity index (χ3v) is 4.53. The Kier molecular flexibility index (Phi) is 5.09. The van der Waals surface area contributed by atoms with Gasteiger partial charge >= 0.3 is 0 Å². The van der Waals surface area contributed by atoms with Crippen molar-refractivity contribution in [2.24, 2.45) is 0 Å². The predicted octanol–water partition coefficient (Wildman–Crippen LogP) is 0.813. The van der Waals surface area contributed by atoms with E-state index in [0.29, 0.717) is 43.0 Å². The van der Waals surface area contributed by atoms with Gasteiger partial charge in [-0.2, -0.15) is 4.98 Å². The van der Waals surface area contributed by atoms with Crippen LogP contribution in [0.25, 0.3) is 5.82 Å². The molecule has 4 heterocycles. The lowest BCUT2D eigenvalue weighted by Gasteiger charge is -2.22. The second-order valence-electron chi connectivity index (χ2n) is 6.28. The molecule has 3 aromatic heterocycles. The molecule has 0 N–H and O–H groups in total. The molecule has 3 aromatic rings. The summed E-state index contributed by atoms with van der Waals surface area (Å²) in [5.41, 5.74) is 0.400. The normalized spacial score (nSPS) is 14.6. The summed E-state index contributed by atoms with van der Waals surface area (Å²) >= 11 is 0. The van der Waals surface area contributed by atoms with Crippen molar-refractivity contribution >= 4 is 11.9 Å². The van der Waals surface area contributed by atoms with Gasteiger partial charge in [0.25, 0.3) is 5.91 Å². The van der Waals surface area contributed by atoms with E-state index in [0.717, 1.165) is 13.0 Å². The van der Waals surface area contributed by atoms with Crippen LogP contribution in [0.1, 0.15) is 16.9 Å². The molecular formula is C18H20N8O2. The first kappa shape index (κ1) is 17.8. The summed E-state index contributed by atoms with van der Waals surface area (Å²) in [7, 11) is 1.58. The number of pyridine rings is 1. The summed E-state index contributed by atoms with van der Waals surface area (Å²) in [6, 6.07) is 7.06. The molecular weight excluding hydrogens is 360 g/mol. The summed E-state index contributed by atoms with van der Waals surface area (Å²) in [5.74, 6) is 1.65. The maximum absolute atomic E-state index is 13.0. The number of amides is 1. The van der Waals surface area contributed by atoms with E-state index in [1.807, 2.05) is 17.0 Å². The topological polar surface area (TPSA) is 102 Å². The molecule has 1 aliphatic heterocycles. The molecule has 0 aromatic carbocycles. The largest absolute Gasteiger partial charge is 0.481 e. The van der Waals surface area contributed by atoms with Crippen molar-refractivity contribution in [1.82, 2.24) is 34.6 Å². The van der Waals surface area contributed by atoms with E-state index in [9.17, 15) is 4.79 Å². The van der Waals surface area contributed by atoms with Gasteiger partial charge in [-0.3, -0.25) is 9.36 Å². The fourth-order valence-electron chi connectivity index (χ4n) is 3.09. The Morgan fingerprint density at radius 1 is 1.04 bits per heavy atom. The van der Waals surface area contributed by atoms with E-state index in [1.165, 1.54) is 0 Å². The zero-order valence-corrected chi connectivity index (χ0v) is 15.5. The molecule has 144 valence electrons. The molecule has 1 amide bonds. The average molecular weight is 380 g/mol. The van der Waals surface area contributed by atoms with Crippen LogP contribution in [0.5, 0.6) is 5.88 Å². The number of rotatable bonds is 4. The van der Waals surface area contributed by atoms with Gasteiger partial charge in [0, 0.05) is 38.4 Å². The number of aromatic nitrogens is 6. The molecule has 28 heavy (non-hydrogen) atoms. The number of anilines is 1. The van der Waals surface area contributed by atoms with Crippen LogP contribution in [-0.4, -0.2) is 73.8 Å². The smallest absolute Gasteiger partial charge is 0.272 e. The maximum Gasteiger partial charge on any atom is 0.272 e. The van der Waals surface area contributed by atoms with Crippen LogP contribution < -0.4 is 9.64 Å². The lowest BCUT2D eigenvalue weighted by molar-refractivity contribution is 0.0761. The van der Waals surface area contributed by atoms with Gasteiger partial charge in [-0.25, -0.2) is 9.97 Å². The Morgan fingerprint density at radius 3 is 2.71 bits per heavy atom. The van der Waals surface area contributed by atoms with Crippen LogP contribution in [0.15, 0.2) is 43.1 Å². The van der Waals surface area contributed by atoms with Crippen LogP contribution in [0.4, 0.5) is 5.95 Å². The SMILES string of the molecule is COc1ccnc(N2CCCN(C(=O)c3cccc(-n4cnnc4)n3)CC2)n1. The Hall–Kier alpha value is -3.56. The zero-order valence-electron chi connectivity index (χ0n) is 15.5. The monoisotopic (exact) mass is 380 g/mol. The van der Waals surface area contributed by atoms with Gasteiger partial charge in [-0.15, -0.1) is 10.2 Å². The summed E-state index contributed by atoms with van der Waals surface area (Å²) in [5, 5.41) is 7.55. The van der Waals surface area contributed by atoms with Crippen molar-refractivity contribution in [2.45, 2.75) is 6.42 Å². The minimum atomic E-state index is -0.0941. The molecule has 4 rings (SSSR count). The number of hydrogen-bond donors (Lipinski definition) is 0. The molecule has 0 radical (unpaired) electrons. The molecule has 0 bridgehead atoms. The summed E-state index contributed by atoms with van der Waals surface area (Å²) in [6.07, 6.45) is 5.59. The summed E-state index contributed by atoms with van der Waals surface area (Å²) in [4.78, 5) is 30.0. The minimum absolute atomic E-state index is 0.0941. The van der Waals surface area contributed by atoms with Crippen LogP contribution >= 0.6 is 0 Å². The zero-order chi connectivity index (χ0) is 19.3. The van der Waals surface area contributed by atoms with Gasteiger partial charge in [-0.1, -0.05) is 6.07 Å². The van der Waals surface area contributed by atoms with E-state index in [-0.39, 0.29) is 5.91 Å². The molecule has 10 heteroatoms. The molecule has 0 spiro atoms. The quantitative estimate of drug-likeness (QED) is 0.655. The highest BCUT2D eigenvalue weighted by atomic mass is 16.5. The van der Waals surface area contributed by atoms with Crippen molar-refractivity contribution in [3.05, 3.63) is 48.8 Å². The standard InChI is InChI=1S/C18H20N8O2/c1-28-16-6-7-19-18(23-16)25-9-3-8-24(10-11-25)17(27)14-4-2-5-15(22-14)26-12-20-21-13-26/h2,4-7,12-13H,3,8-11H2,1H3. The molecule has 0 atom stereocenters. The fourth-order valence-corrected chi connectivity index (χ4v) is 3.09. The molecule has 1 saturated heterocycles. The first-order valence-electron chi connectivity index (χ1n) is 8.98. The highest BCUT2D eigenvalue weighted by molar-refractivity contribution is 5.92. The molecule has 10 nitrogen and oxygen atoms in total. The second-order valence-corrected chi connectivity index (χ2v) is 6.28. The fraction of sp³-hybridized carbons (Fsp3) is 0.333. The van der Waals surface area contributed by atoms with Gasteiger partial charge in [-0.05, 0) is 18.6 Å². The van der Waals surface area contributed by atoms with Crippen molar-refractivity contribution < 1.29 is 9.53 Å². The number of carbonyl (C=O) groups is 1. The maximum atomic E-state index is 13.0. The van der Waals surface area contributed by atoms with Gasteiger partial charge in [0.1, 0.15) is 24.2 Å². The first-order chi connectivity index (χ1) is 13.7. The summed E-state index contributed by atoms with van der Waals surface area (Å²) < 4.78 is 6.84. The Balaban J connectivity index is 1.47. The third-order valence-electron chi connectivity index (χ3n) is 4.53. The van der Waals surface area contributed by atoms with Crippen LogP contribution in [0.3, 0.4) is 0 Å².